The molecule has 0 aliphatic carbocycles. The van der Waals surface area contributed by atoms with Crippen LogP contribution < -0.4 is 0 Å². The molecule has 0 aliphatic rings. The molecule has 0 spiro atoms. The van der Waals surface area contributed by atoms with Gasteiger partial charge in [0.25, 0.3) is 0 Å². The molecule has 0 fully saturated rings. The first kappa shape index (κ1) is 15.9. The number of hydrogen-bond donors (Lipinski definition) is 0. The maximum absolute atomic E-state index is 6.44. The molecular formula is C24H22O. The predicted octanol–water partition coefficient (Wildman–Crippen LogP) is 6.83. The molecule has 1 heteroatoms. The molecule has 4 aromatic carbocycles. The zero-order valence-electron chi connectivity index (χ0n) is 14.6. The average Bonchev–Trinajstić information content (AvgIpc) is 2.67. The van der Waals surface area contributed by atoms with Gasteiger partial charge in [-0.2, -0.15) is 0 Å². The molecule has 0 aliphatic heterocycles. The van der Waals surface area contributed by atoms with E-state index in [1.54, 1.807) is 0 Å². The maximum Gasteiger partial charge on any atom is 0.0811 e. The molecular weight excluding hydrogens is 304 g/mol. The largest absolute Gasteiger partial charge is 0.366 e. The molecule has 0 saturated carbocycles. The predicted molar refractivity (Wildman–Crippen MR) is 106 cm³/mol. The lowest BCUT2D eigenvalue weighted by molar-refractivity contribution is 0.00744. The average molecular weight is 326 g/mol. The van der Waals surface area contributed by atoms with Crippen LogP contribution in [-0.4, -0.2) is 0 Å². The molecule has 2 unspecified atom stereocenters. The Morgan fingerprint density at radius 2 is 0.920 bits per heavy atom. The summed E-state index contributed by atoms with van der Waals surface area (Å²) in [6.45, 7) is 4.28. The van der Waals surface area contributed by atoms with Gasteiger partial charge >= 0.3 is 0 Å². The van der Waals surface area contributed by atoms with Crippen molar-refractivity contribution in [2.75, 3.05) is 0 Å². The van der Waals surface area contributed by atoms with Crippen LogP contribution in [0.1, 0.15) is 37.2 Å². The second-order valence-electron chi connectivity index (χ2n) is 6.56. The summed E-state index contributed by atoms with van der Waals surface area (Å²) in [5.74, 6) is 0. The quantitative estimate of drug-likeness (QED) is 0.399. The van der Waals surface area contributed by atoms with Crippen molar-refractivity contribution in [3.8, 4) is 0 Å². The molecule has 0 N–H and O–H groups in total. The van der Waals surface area contributed by atoms with Gasteiger partial charge in [-0.05, 0) is 46.5 Å². The van der Waals surface area contributed by atoms with Crippen molar-refractivity contribution in [2.45, 2.75) is 26.1 Å². The van der Waals surface area contributed by atoms with Gasteiger partial charge in [0.2, 0.25) is 0 Å². The van der Waals surface area contributed by atoms with Gasteiger partial charge in [0, 0.05) is 0 Å². The van der Waals surface area contributed by atoms with E-state index in [0.717, 1.165) is 0 Å². The van der Waals surface area contributed by atoms with Gasteiger partial charge in [-0.25, -0.2) is 0 Å². The van der Waals surface area contributed by atoms with Crippen molar-refractivity contribution < 1.29 is 4.74 Å². The van der Waals surface area contributed by atoms with Gasteiger partial charge in [0.15, 0.2) is 0 Å². The fraction of sp³-hybridized carbons (Fsp3) is 0.167. The van der Waals surface area contributed by atoms with Crippen molar-refractivity contribution >= 4 is 21.5 Å². The Bertz CT molecular complexity index is 925. The summed E-state index contributed by atoms with van der Waals surface area (Å²) in [6, 6.07) is 29.9. The van der Waals surface area contributed by atoms with Crippen LogP contribution >= 0.6 is 0 Å². The number of rotatable bonds is 4. The number of benzene rings is 4. The Morgan fingerprint density at radius 1 is 0.520 bits per heavy atom. The molecule has 0 amide bonds. The summed E-state index contributed by atoms with van der Waals surface area (Å²) in [7, 11) is 0. The van der Waals surface area contributed by atoms with E-state index >= 15 is 0 Å². The third kappa shape index (κ3) is 3.04. The zero-order chi connectivity index (χ0) is 17.2. The van der Waals surface area contributed by atoms with Crippen LogP contribution in [-0.2, 0) is 4.74 Å². The zero-order valence-corrected chi connectivity index (χ0v) is 14.6. The van der Waals surface area contributed by atoms with Crippen LogP contribution in [0.5, 0.6) is 0 Å². The molecule has 1 nitrogen and oxygen atoms in total. The van der Waals surface area contributed by atoms with E-state index in [0.29, 0.717) is 0 Å². The van der Waals surface area contributed by atoms with Crippen molar-refractivity contribution in [3.63, 3.8) is 0 Å². The van der Waals surface area contributed by atoms with E-state index in [-0.39, 0.29) is 12.2 Å². The van der Waals surface area contributed by atoms with Gasteiger partial charge in [0.05, 0.1) is 12.2 Å². The standard InChI is InChI=1S/C24H22O/c1-17(21-15-7-11-19-9-3-5-13-23(19)21)25-18(2)22-16-8-12-20-10-4-6-14-24(20)22/h3-18H,1-2H3. The molecule has 2 atom stereocenters. The second-order valence-corrected chi connectivity index (χ2v) is 6.56. The highest BCUT2D eigenvalue weighted by Crippen LogP contribution is 2.33. The topological polar surface area (TPSA) is 9.23 Å². The summed E-state index contributed by atoms with van der Waals surface area (Å²) in [5.41, 5.74) is 2.48. The number of ether oxygens (including phenoxy) is 1. The Kier molecular flexibility index (Phi) is 4.25. The van der Waals surface area contributed by atoms with Crippen LogP contribution in [0, 0.1) is 0 Å². The molecule has 0 bridgehead atoms. The lowest BCUT2D eigenvalue weighted by Crippen LogP contribution is -2.06. The van der Waals surface area contributed by atoms with Crippen LogP contribution in [0.3, 0.4) is 0 Å². The fourth-order valence-corrected chi connectivity index (χ4v) is 3.66. The summed E-state index contributed by atoms with van der Waals surface area (Å²) in [6.07, 6.45) is 0.0557. The minimum Gasteiger partial charge on any atom is -0.366 e. The van der Waals surface area contributed by atoms with Crippen LogP contribution in [0.15, 0.2) is 84.9 Å². The number of fused-ring (bicyclic) bond motifs is 2. The minimum atomic E-state index is 0.0278. The molecule has 4 aromatic rings. The lowest BCUT2D eigenvalue weighted by atomic mass is 9.99. The highest BCUT2D eigenvalue weighted by Gasteiger charge is 2.16. The first-order valence-corrected chi connectivity index (χ1v) is 8.85. The SMILES string of the molecule is CC(OC(C)c1cccc2ccccc12)c1cccc2ccccc12. The van der Waals surface area contributed by atoms with Crippen LogP contribution in [0.2, 0.25) is 0 Å². The third-order valence-electron chi connectivity index (χ3n) is 4.93. The molecule has 0 heterocycles. The van der Waals surface area contributed by atoms with E-state index in [1.165, 1.54) is 32.7 Å². The highest BCUT2D eigenvalue weighted by molar-refractivity contribution is 5.86. The first-order valence-electron chi connectivity index (χ1n) is 8.85. The van der Waals surface area contributed by atoms with Gasteiger partial charge < -0.3 is 4.74 Å². The van der Waals surface area contributed by atoms with Gasteiger partial charge in [-0.1, -0.05) is 84.9 Å². The van der Waals surface area contributed by atoms with Gasteiger partial charge in [-0.3, -0.25) is 0 Å². The fourth-order valence-electron chi connectivity index (χ4n) is 3.66. The Labute approximate surface area is 148 Å². The number of hydrogen-bond acceptors (Lipinski definition) is 1. The molecule has 0 saturated heterocycles. The van der Waals surface area contributed by atoms with Crippen molar-refractivity contribution in [3.05, 3.63) is 96.1 Å². The molecule has 4 rings (SSSR count). The minimum absolute atomic E-state index is 0.0278. The lowest BCUT2D eigenvalue weighted by Gasteiger charge is -2.22. The van der Waals surface area contributed by atoms with E-state index in [1.807, 2.05) is 0 Å². The van der Waals surface area contributed by atoms with Crippen molar-refractivity contribution in [2.24, 2.45) is 0 Å². The third-order valence-corrected chi connectivity index (χ3v) is 4.93. The maximum atomic E-state index is 6.44. The van der Waals surface area contributed by atoms with Gasteiger partial charge in [-0.15, -0.1) is 0 Å². The Balaban J connectivity index is 1.66. The van der Waals surface area contributed by atoms with Gasteiger partial charge in [0.1, 0.15) is 0 Å². The van der Waals surface area contributed by atoms with Crippen LogP contribution in [0.25, 0.3) is 21.5 Å². The Morgan fingerprint density at radius 3 is 1.40 bits per heavy atom. The molecule has 0 radical (unpaired) electrons. The molecule has 25 heavy (non-hydrogen) atoms. The smallest absolute Gasteiger partial charge is 0.0811 e. The highest BCUT2D eigenvalue weighted by atomic mass is 16.5. The summed E-state index contributed by atoms with van der Waals surface area (Å²) >= 11 is 0. The normalized spacial score (nSPS) is 13.8. The second kappa shape index (κ2) is 6.70. The summed E-state index contributed by atoms with van der Waals surface area (Å²) in [5, 5.41) is 5.05. The summed E-state index contributed by atoms with van der Waals surface area (Å²) in [4.78, 5) is 0. The van der Waals surface area contributed by atoms with E-state index < -0.39 is 0 Å². The van der Waals surface area contributed by atoms with Crippen molar-refractivity contribution in [1.29, 1.82) is 0 Å². The first-order chi connectivity index (χ1) is 12.2. The Hall–Kier alpha value is -2.64. The summed E-state index contributed by atoms with van der Waals surface area (Å²) < 4.78 is 6.44. The van der Waals surface area contributed by atoms with E-state index in [2.05, 4.69) is 98.8 Å². The molecule has 124 valence electrons. The van der Waals surface area contributed by atoms with Crippen molar-refractivity contribution in [1.82, 2.24) is 0 Å². The monoisotopic (exact) mass is 326 g/mol. The molecule has 0 aromatic heterocycles. The van der Waals surface area contributed by atoms with E-state index in [4.69, 9.17) is 4.74 Å². The van der Waals surface area contributed by atoms with E-state index in [9.17, 15) is 0 Å². The van der Waals surface area contributed by atoms with Crippen LogP contribution in [0.4, 0.5) is 0 Å².